The van der Waals surface area contributed by atoms with Crippen molar-refractivity contribution in [3.05, 3.63) is 0 Å². The number of carbonyl (C=O) groups is 1. The fraction of sp³-hybridized carbons (Fsp3) is 0.900. The van der Waals surface area contributed by atoms with Crippen molar-refractivity contribution < 1.29 is 18.3 Å². The van der Waals surface area contributed by atoms with Gasteiger partial charge >= 0.3 is 5.97 Å². The molecule has 2 unspecified atom stereocenters. The maximum Gasteiger partial charge on any atom is 0.308 e. The third-order valence-electron chi connectivity index (χ3n) is 3.61. The molecule has 0 spiro atoms. The zero-order valence-electron chi connectivity index (χ0n) is 9.87. The van der Waals surface area contributed by atoms with Gasteiger partial charge in [0.1, 0.15) is 0 Å². The van der Waals surface area contributed by atoms with Crippen LogP contribution in [-0.4, -0.2) is 54.3 Å². The zero-order valence-corrected chi connectivity index (χ0v) is 10.7. The molecule has 0 radical (unpaired) electrons. The summed E-state index contributed by atoms with van der Waals surface area (Å²) in [6.07, 6.45) is 1.79. The maximum atomic E-state index is 12.2. The predicted molar refractivity (Wildman–Crippen MR) is 61.6 cm³/mol. The first-order valence-corrected chi connectivity index (χ1v) is 7.30. The SMILES string of the molecule is CC1CN(S(=O)(=O)N2CCCC2)CC1C(=O)O. The molecule has 0 aliphatic carbocycles. The topological polar surface area (TPSA) is 77.9 Å². The summed E-state index contributed by atoms with van der Waals surface area (Å²) in [5.41, 5.74) is 0. The van der Waals surface area contributed by atoms with Crippen LogP contribution >= 0.6 is 0 Å². The van der Waals surface area contributed by atoms with Gasteiger partial charge in [0.25, 0.3) is 10.2 Å². The first-order chi connectivity index (χ1) is 7.93. The van der Waals surface area contributed by atoms with Crippen LogP contribution in [0.5, 0.6) is 0 Å². The summed E-state index contributed by atoms with van der Waals surface area (Å²) in [5.74, 6) is -1.60. The summed E-state index contributed by atoms with van der Waals surface area (Å²) in [5, 5.41) is 9.00. The van der Waals surface area contributed by atoms with Crippen molar-refractivity contribution in [2.45, 2.75) is 19.8 Å². The van der Waals surface area contributed by atoms with Crippen molar-refractivity contribution >= 4 is 16.2 Å². The Morgan fingerprint density at radius 1 is 1.18 bits per heavy atom. The molecule has 17 heavy (non-hydrogen) atoms. The molecule has 0 saturated carbocycles. The highest BCUT2D eigenvalue weighted by molar-refractivity contribution is 7.86. The van der Waals surface area contributed by atoms with Gasteiger partial charge in [-0.25, -0.2) is 0 Å². The van der Waals surface area contributed by atoms with Crippen LogP contribution in [0, 0.1) is 11.8 Å². The van der Waals surface area contributed by atoms with E-state index >= 15 is 0 Å². The fourth-order valence-corrected chi connectivity index (χ4v) is 4.33. The molecule has 2 rings (SSSR count). The molecular weight excluding hydrogens is 244 g/mol. The molecule has 2 heterocycles. The van der Waals surface area contributed by atoms with Gasteiger partial charge in [-0.1, -0.05) is 6.92 Å². The second-order valence-corrected chi connectivity index (χ2v) is 6.78. The highest BCUT2D eigenvalue weighted by atomic mass is 32.2. The molecule has 1 N–H and O–H groups in total. The van der Waals surface area contributed by atoms with E-state index in [9.17, 15) is 13.2 Å². The molecule has 6 nitrogen and oxygen atoms in total. The van der Waals surface area contributed by atoms with Crippen LogP contribution in [0.4, 0.5) is 0 Å². The van der Waals surface area contributed by atoms with Crippen molar-refractivity contribution in [3.63, 3.8) is 0 Å². The fourth-order valence-electron chi connectivity index (χ4n) is 2.51. The lowest BCUT2D eigenvalue weighted by Crippen LogP contribution is -2.41. The number of carboxylic acids is 1. The van der Waals surface area contributed by atoms with E-state index in [2.05, 4.69) is 0 Å². The van der Waals surface area contributed by atoms with E-state index < -0.39 is 22.1 Å². The quantitative estimate of drug-likeness (QED) is 0.775. The average molecular weight is 262 g/mol. The molecular formula is C10H18N2O4S. The Balaban J connectivity index is 2.11. The minimum atomic E-state index is -3.43. The molecule has 2 fully saturated rings. The molecule has 0 aromatic rings. The van der Waals surface area contributed by atoms with Crippen LogP contribution in [-0.2, 0) is 15.0 Å². The van der Waals surface area contributed by atoms with E-state index in [4.69, 9.17) is 5.11 Å². The van der Waals surface area contributed by atoms with Gasteiger partial charge in [-0.2, -0.15) is 17.0 Å². The van der Waals surface area contributed by atoms with Crippen LogP contribution in [0.3, 0.4) is 0 Å². The number of hydrogen-bond donors (Lipinski definition) is 1. The van der Waals surface area contributed by atoms with Crippen LogP contribution < -0.4 is 0 Å². The van der Waals surface area contributed by atoms with E-state index in [1.165, 1.54) is 8.61 Å². The van der Waals surface area contributed by atoms with E-state index in [1.54, 1.807) is 6.92 Å². The Morgan fingerprint density at radius 3 is 2.24 bits per heavy atom. The third-order valence-corrected chi connectivity index (χ3v) is 5.58. The smallest absolute Gasteiger partial charge is 0.308 e. The molecule has 0 aromatic carbocycles. The summed E-state index contributed by atoms with van der Waals surface area (Å²) in [6.45, 7) is 3.33. The van der Waals surface area contributed by atoms with Gasteiger partial charge in [0.2, 0.25) is 0 Å². The monoisotopic (exact) mass is 262 g/mol. The number of aliphatic carboxylic acids is 1. The normalized spacial score (nSPS) is 32.1. The van der Waals surface area contributed by atoms with Gasteiger partial charge in [-0.15, -0.1) is 0 Å². The number of carboxylic acid groups (broad SMARTS) is 1. The van der Waals surface area contributed by atoms with E-state index in [0.29, 0.717) is 19.6 Å². The van der Waals surface area contributed by atoms with E-state index in [-0.39, 0.29) is 12.5 Å². The van der Waals surface area contributed by atoms with Gasteiger partial charge in [-0.05, 0) is 18.8 Å². The molecule has 0 aromatic heterocycles. The van der Waals surface area contributed by atoms with Crippen molar-refractivity contribution in [1.82, 2.24) is 8.61 Å². The van der Waals surface area contributed by atoms with Crippen molar-refractivity contribution in [3.8, 4) is 0 Å². The van der Waals surface area contributed by atoms with Crippen molar-refractivity contribution in [2.75, 3.05) is 26.2 Å². The number of nitrogens with zero attached hydrogens (tertiary/aromatic N) is 2. The van der Waals surface area contributed by atoms with Crippen molar-refractivity contribution in [1.29, 1.82) is 0 Å². The standard InChI is InChI=1S/C10H18N2O4S/c1-8-6-12(7-9(8)10(13)14)17(15,16)11-4-2-3-5-11/h8-9H,2-7H2,1H3,(H,13,14). The first kappa shape index (κ1) is 12.8. The molecule has 2 aliphatic heterocycles. The molecule has 2 atom stereocenters. The number of rotatable bonds is 3. The van der Waals surface area contributed by atoms with E-state index in [1.807, 2.05) is 0 Å². The Bertz CT molecular complexity index is 403. The van der Waals surface area contributed by atoms with Crippen LogP contribution in [0.1, 0.15) is 19.8 Å². The second-order valence-electron chi connectivity index (χ2n) is 4.85. The summed E-state index contributed by atoms with van der Waals surface area (Å²) in [6, 6.07) is 0. The largest absolute Gasteiger partial charge is 0.481 e. The minimum Gasteiger partial charge on any atom is -0.481 e. The Kier molecular flexibility index (Phi) is 3.42. The first-order valence-electron chi connectivity index (χ1n) is 5.91. The van der Waals surface area contributed by atoms with Gasteiger partial charge in [0, 0.05) is 26.2 Å². The molecule has 2 saturated heterocycles. The maximum absolute atomic E-state index is 12.2. The minimum absolute atomic E-state index is 0.106. The Hall–Kier alpha value is -0.660. The van der Waals surface area contributed by atoms with Crippen LogP contribution in [0.15, 0.2) is 0 Å². The Morgan fingerprint density at radius 2 is 1.76 bits per heavy atom. The number of hydrogen-bond acceptors (Lipinski definition) is 3. The van der Waals surface area contributed by atoms with Crippen LogP contribution in [0.25, 0.3) is 0 Å². The van der Waals surface area contributed by atoms with Gasteiger partial charge in [-0.3, -0.25) is 4.79 Å². The highest BCUT2D eigenvalue weighted by Gasteiger charge is 2.42. The van der Waals surface area contributed by atoms with Gasteiger partial charge in [0.15, 0.2) is 0 Å². The molecule has 7 heteroatoms. The summed E-state index contributed by atoms with van der Waals surface area (Å²) in [7, 11) is -3.43. The summed E-state index contributed by atoms with van der Waals surface area (Å²) in [4.78, 5) is 11.0. The lowest BCUT2D eigenvalue weighted by molar-refractivity contribution is -0.142. The highest BCUT2D eigenvalue weighted by Crippen LogP contribution is 2.28. The van der Waals surface area contributed by atoms with Crippen molar-refractivity contribution in [2.24, 2.45) is 11.8 Å². The average Bonchev–Trinajstić information content (AvgIpc) is 2.84. The molecule has 0 amide bonds. The second kappa shape index (κ2) is 4.55. The lowest BCUT2D eigenvalue weighted by Gasteiger charge is -2.23. The third kappa shape index (κ3) is 2.31. The zero-order chi connectivity index (χ0) is 12.6. The van der Waals surface area contributed by atoms with Crippen LogP contribution in [0.2, 0.25) is 0 Å². The Labute approximate surface area is 101 Å². The molecule has 2 aliphatic rings. The molecule has 98 valence electrons. The lowest BCUT2D eigenvalue weighted by atomic mass is 9.99. The van der Waals surface area contributed by atoms with Gasteiger partial charge < -0.3 is 5.11 Å². The van der Waals surface area contributed by atoms with Gasteiger partial charge in [0.05, 0.1) is 5.92 Å². The summed E-state index contributed by atoms with van der Waals surface area (Å²) >= 11 is 0. The molecule has 0 bridgehead atoms. The summed E-state index contributed by atoms with van der Waals surface area (Å²) < 4.78 is 27.2. The predicted octanol–water partition coefficient (Wildman–Crippen LogP) is -0.0205. The van der Waals surface area contributed by atoms with E-state index in [0.717, 1.165) is 12.8 Å².